The van der Waals surface area contributed by atoms with E-state index in [0.717, 1.165) is 21.7 Å². The largest absolute Gasteiger partial charge is 0.352 e. The van der Waals surface area contributed by atoms with Crippen molar-refractivity contribution in [3.8, 4) is 0 Å². The van der Waals surface area contributed by atoms with Gasteiger partial charge in [0.05, 0.1) is 11.9 Å². The molecule has 1 N–H and O–H groups in total. The molecule has 1 atom stereocenters. The first kappa shape index (κ1) is 25.7. The number of amides is 2. The molecular weight excluding hydrogens is 450 g/mol. The maximum Gasteiger partial charge on any atom is 0.244 e. The van der Waals surface area contributed by atoms with Crippen molar-refractivity contribution in [2.24, 2.45) is 0 Å². The van der Waals surface area contributed by atoms with Crippen molar-refractivity contribution in [1.29, 1.82) is 0 Å². The Morgan fingerprint density at radius 3 is 2.28 bits per heavy atom. The number of aryl methyl sites for hydroxylation is 1. The van der Waals surface area contributed by atoms with Crippen LogP contribution in [0.25, 0.3) is 0 Å². The lowest BCUT2D eigenvalue weighted by atomic mass is 10.1. The van der Waals surface area contributed by atoms with Gasteiger partial charge in [-0.25, -0.2) is 8.42 Å². The van der Waals surface area contributed by atoms with Crippen LogP contribution in [0.1, 0.15) is 31.9 Å². The molecule has 0 radical (unpaired) electrons. The van der Waals surface area contributed by atoms with Gasteiger partial charge in [-0.15, -0.1) is 0 Å². The second kappa shape index (κ2) is 10.8. The van der Waals surface area contributed by atoms with Gasteiger partial charge in [0.1, 0.15) is 12.6 Å². The van der Waals surface area contributed by atoms with Crippen LogP contribution in [0, 0.1) is 6.92 Å². The molecule has 0 saturated heterocycles. The summed E-state index contributed by atoms with van der Waals surface area (Å²) in [5.74, 6) is -0.807. The number of benzene rings is 2. The molecule has 0 aliphatic heterocycles. The van der Waals surface area contributed by atoms with E-state index in [0.29, 0.717) is 5.02 Å². The number of carbonyl (C=O) groups is 2. The first-order valence-corrected chi connectivity index (χ1v) is 12.5. The van der Waals surface area contributed by atoms with Gasteiger partial charge in [-0.2, -0.15) is 0 Å². The Balaban J connectivity index is 2.39. The molecule has 2 rings (SSSR count). The number of anilines is 1. The predicted molar refractivity (Wildman–Crippen MR) is 128 cm³/mol. The Labute approximate surface area is 195 Å². The Bertz CT molecular complexity index is 1070. The van der Waals surface area contributed by atoms with E-state index < -0.39 is 28.5 Å². The first-order valence-electron chi connectivity index (χ1n) is 10.3. The van der Waals surface area contributed by atoms with Crippen molar-refractivity contribution in [3.63, 3.8) is 0 Å². The van der Waals surface area contributed by atoms with Gasteiger partial charge in [0.25, 0.3) is 0 Å². The zero-order valence-electron chi connectivity index (χ0n) is 19.0. The summed E-state index contributed by atoms with van der Waals surface area (Å²) in [4.78, 5) is 27.5. The summed E-state index contributed by atoms with van der Waals surface area (Å²) in [7, 11) is -3.78. The third-order valence-electron chi connectivity index (χ3n) is 4.81. The zero-order chi connectivity index (χ0) is 24.1. The number of nitrogens with zero attached hydrogens (tertiary/aromatic N) is 2. The Morgan fingerprint density at radius 1 is 1.06 bits per heavy atom. The van der Waals surface area contributed by atoms with E-state index in [1.165, 1.54) is 11.0 Å². The summed E-state index contributed by atoms with van der Waals surface area (Å²) < 4.78 is 26.0. The lowest BCUT2D eigenvalue weighted by molar-refractivity contribution is -0.139. The lowest BCUT2D eigenvalue weighted by Gasteiger charge is -2.32. The van der Waals surface area contributed by atoms with Gasteiger partial charge in [0.2, 0.25) is 21.8 Å². The average molecular weight is 480 g/mol. The maximum absolute atomic E-state index is 13.4. The smallest absolute Gasteiger partial charge is 0.244 e. The molecule has 32 heavy (non-hydrogen) atoms. The van der Waals surface area contributed by atoms with Crippen LogP contribution in [0.3, 0.4) is 0 Å². The molecule has 0 aliphatic rings. The highest BCUT2D eigenvalue weighted by molar-refractivity contribution is 7.92. The summed E-state index contributed by atoms with van der Waals surface area (Å²) in [5, 5.41) is 3.17. The van der Waals surface area contributed by atoms with E-state index in [2.05, 4.69) is 5.32 Å². The molecule has 0 heterocycles. The number of rotatable bonds is 9. The Morgan fingerprint density at radius 2 is 1.72 bits per heavy atom. The summed E-state index contributed by atoms with van der Waals surface area (Å²) in [5.41, 5.74) is 2.14. The fourth-order valence-corrected chi connectivity index (χ4v) is 4.27. The average Bonchev–Trinajstić information content (AvgIpc) is 2.68. The standard InChI is InChI=1S/C23H30ClN3O4S/c1-16(2)25-23(29)18(4)26(14-19-9-6-8-17(3)12-19)22(28)15-27(32(5,30)31)21-11-7-10-20(24)13-21/h6-13,16,18H,14-15H2,1-5H3,(H,25,29)/t18-/m0/s1. The van der Waals surface area contributed by atoms with Crippen LogP contribution in [0.15, 0.2) is 48.5 Å². The van der Waals surface area contributed by atoms with Crippen molar-refractivity contribution in [2.75, 3.05) is 17.1 Å². The van der Waals surface area contributed by atoms with Crippen molar-refractivity contribution in [3.05, 3.63) is 64.7 Å². The van der Waals surface area contributed by atoms with Gasteiger partial charge in [-0.3, -0.25) is 13.9 Å². The van der Waals surface area contributed by atoms with Crippen LogP contribution in [-0.2, 0) is 26.2 Å². The molecule has 0 spiro atoms. The van der Waals surface area contributed by atoms with Crippen LogP contribution in [0.2, 0.25) is 5.02 Å². The molecule has 0 saturated carbocycles. The molecule has 0 bridgehead atoms. The molecule has 0 aromatic heterocycles. The number of sulfonamides is 1. The Kier molecular flexibility index (Phi) is 8.69. The molecule has 0 unspecified atom stereocenters. The van der Waals surface area contributed by atoms with Gasteiger partial charge in [0.15, 0.2) is 0 Å². The van der Waals surface area contributed by atoms with Crippen LogP contribution >= 0.6 is 11.6 Å². The van der Waals surface area contributed by atoms with E-state index >= 15 is 0 Å². The number of nitrogens with one attached hydrogen (secondary N) is 1. The Hall–Kier alpha value is -2.58. The van der Waals surface area contributed by atoms with Crippen LogP contribution < -0.4 is 9.62 Å². The molecule has 0 fully saturated rings. The monoisotopic (exact) mass is 479 g/mol. The fraction of sp³-hybridized carbons (Fsp3) is 0.391. The van der Waals surface area contributed by atoms with Crippen molar-refractivity contribution < 1.29 is 18.0 Å². The predicted octanol–water partition coefficient (Wildman–Crippen LogP) is 3.36. The minimum atomic E-state index is -3.78. The molecule has 0 aliphatic carbocycles. The zero-order valence-corrected chi connectivity index (χ0v) is 20.6. The van der Waals surface area contributed by atoms with Gasteiger partial charge < -0.3 is 10.2 Å². The van der Waals surface area contributed by atoms with Crippen LogP contribution in [-0.4, -0.2) is 50.0 Å². The third kappa shape index (κ3) is 7.24. The first-order chi connectivity index (χ1) is 14.9. The molecule has 2 aromatic carbocycles. The number of hydrogen-bond acceptors (Lipinski definition) is 4. The van der Waals surface area contributed by atoms with E-state index in [4.69, 9.17) is 11.6 Å². The quantitative estimate of drug-likeness (QED) is 0.597. The lowest BCUT2D eigenvalue weighted by Crippen LogP contribution is -2.52. The summed E-state index contributed by atoms with van der Waals surface area (Å²) in [6.45, 7) is 6.96. The van der Waals surface area contributed by atoms with Gasteiger partial charge in [-0.1, -0.05) is 47.5 Å². The molecule has 7 nitrogen and oxygen atoms in total. The molecule has 9 heteroatoms. The normalized spacial score (nSPS) is 12.3. The summed E-state index contributed by atoms with van der Waals surface area (Å²) >= 11 is 6.03. The second-order valence-electron chi connectivity index (χ2n) is 8.10. The van der Waals surface area contributed by atoms with Crippen LogP contribution in [0.4, 0.5) is 5.69 Å². The highest BCUT2D eigenvalue weighted by atomic mass is 35.5. The van der Waals surface area contributed by atoms with E-state index in [1.54, 1.807) is 25.1 Å². The van der Waals surface area contributed by atoms with E-state index in [9.17, 15) is 18.0 Å². The van der Waals surface area contributed by atoms with Gasteiger partial charge in [0, 0.05) is 17.6 Å². The van der Waals surface area contributed by atoms with Crippen molar-refractivity contribution in [1.82, 2.24) is 10.2 Å². The van der Waals surface area contributed by atoms with E-state index in [1.807, 2.05) is 45.0 Å². The van der Waals surface area contributed by atoms with Gasteiger partial charge in [-0.05, 0) is 51.5 Å². The molecule has 174 valence electrons. The fourth-order valence-electron chi connectivity index (χ4n) is 3.24. The van der Waals surface area contributed by atoms with Crippen molar-refractivity contribution in [2.45, 2.75) is 46.3 Å². The van der Waals surface area contributed by atoms with Crippen LogP contribution in [0.5, 0.6) is 0 Å². The third-order valence-corrected chi connectivity index (χ3v) is 6.18. The highest BCUT2D eigenvalue weighted by Crippen LogP contribution is 2.22. The minimum absolute atomic E-state index is 0.0974. The minimum Gasteiger partial charge on any atom is -0.352 e. The van der Waals surface area contributed by atoms with Gasteiger partial charge >= 0.3 is 0 Å². The van der Waals surface area contributed by atoms with Crippen molar-refractivity contribution >= 4 is 39.1 Å². The number of carbonyl (C=O) groups excluding carboxylic acids is 2. The number of hydrogen-bond donors (Lipinski definition) is 1. The summed E-state index contributed by atoms with van der Waals surface area (Å²) in [6.07, 6.45) is 1.03. The summed E-state index contributed by atoms with van der Waals surface area (Å²) in [6, 6.07) is 13.0. The number of halogens is 1. The maximum atomic E-state index is 13.4. The molecular formula is C23H30ClN3O4S. The molecule has 2 amide bonds. The topological polar surface area (TPSA) is 86.8 Å². The molecule has 2 aromatic rings. The second-order valence-corrected chi connectivity index (χ2v) is 10.4. The SMILES string of the molecule is Cc1cccc(CN(C(=O)CN(c2cccc(Cl)c2)S(C)(=O)=O)[C@@H](C)C(=O)NC(C)C)c1. The highest BCUT2D eigenvalue weighted by Gasteiger charge is 2.30. The van der Waals surface area contributed by atoms with E-state index in [-0.39, 0.29) is 24.2 Å².